The molecule has 0 amide bonds. The van der Waals surface area contributed by atoms with Gasteiger partial charge in [0.1, 0.15) is 0 Å². The van der Waals surface area contributed by atoms with E-state index in [4.69, 9.17) is 22.1 Å². The van der Waals surface area contributed by atoms with Gasteiger partial charge >= 0.3 is 0 Å². The van der Waals surface area contributed by atoms with Gasteiger partial charge in [-0.3, -0.25) is 4.57 Å². The van der Waals surface area contributed by atoms with Gasteiger partial charge in [-0.25, -0.2) is 4.98 Å². The predicted octanol–water partition coefficient (Wildman–Crippen LogP) is 0.337. The average molecular weight is 299 g/mol. The van der Waals surface area contributed by atoms with E-state index in [-0.39, 0.29) is 24.0 Å². The molecule has 1 fully saturated rings. The van der Waals surface area contributed by atoms with Gasteiger partial charge in [0.25, 0.3) is 0 Å². The largest absolute Gasteiger partial charge is 0.394 e. The topological polar surface area (TPSA) is 111 Å². The maximum Gasteiger partial charge on any atom is 0.224 e. The third kappa shape index (κ3) is 2.05. The lowest BCUT2D eigenvalue weighted by molar-refractivity contribution is -0.0199. The van der Waals surface area contributed by atoms with E-state index in [1.807, 2.05) is 0 Å². The number of aliphatic hydroxyl groups is 1. The lowest BCUT2D eigenvalue weighted by Gasteiger charge is -2.16. The lowest BCUT2D eigenvalue weighted by atomic mass is 10.2. The Bertz CT molecular complexity index is 633. The Balaban J connectivity index is 2.07. The standard InChI is InChI=1S/C11H15ClN6O2/c1-14-8-7-9(17-11(13)16-8)18(4-15-7)10-6(12)2-5(3-19)20-10/h4-6,10,19H,2-3H2,1H3,(H3,13,14,16,17). The SMILES string of the molecule is CNc1nc(N)nc2c1ncn2C1OC(CO)CC1Cl. The van der Waals surface area contributed by atoms with Gasteiger partial charge in [0.2, 0.25) is 5.95 Å². The van der Waals surface area contributed by atoms with E-state index in [1.165, 1.54) is 0 Å². The second-order valence-corrected chi connectivity index (χ2v) is 5.15. The number of nitrogens with zero attached hydrogens (tertiary/aromatic N) is 4. The number of nitrogen functional groups attached to an aromatic ring is 1. The van der Waals surface area contributed by atoms with Crippen LogP contribution in [0.3, 0.4) is 0 Å². The molecule has 1 aliphatic rings. The van der Waals surface area contributed by atoms with Crippen molar-refractivity contribution in [2.24, 2.45) is 0 Å². The number of aliphatic hydroxyl groups excluding tert-OH is 1. The lowest BCUT2D eigenvalue weighted by Crippen LogP contribution is -2.16. The quantitative estimate of drug-likeness (QED) is 0.700. The number of rotatable bonds is 3. The van der Waals surface area contributed by atoms with E-state index in [0.29, 0.717) is 23.4 Å². The van der Waals surface area contributed by atoms with Crippen LogP contribution in [0.5, 0.6) is 0 Å². The van der Waals surface area contributed by atoms with Gasteiger partial charge < -0.3 is 20.9 Å². The molecule has 2 aromatic rings. The van der Waals surface area contributed by atoms with E-state index in [0.717, 1.165) is 0 Å². The number of nitrogens with one attached hydrogen (secondary N) is 1. The highest BCUT2D eigenvalue weighted by Crippen LogP contribution is 2.35. The van der Waals surface area contributed by atoms with Crippen molar-refractivity contribution >= 4 is 34.5 Å². The zero-order valence-corrected chi connectivity index (χ0v) is 11.6. The van der Waals surface area contributed by atoms with Crippen molar-refractivity contribution in [3.05, 3.63) is 6.33 Å². The second-order valence-electron chi connectivity index (χ2n) is 4.59. The first-order valence-corrected chi connectivity index (χ1v) is 6.66. The molecule has 3 unspecified atom stereocenters. The number of aromatic nitrogens is 4. The van der Waals surface area contributed by atoms with Crippen LogP contribution in [0, 0.1) is 0 Å². The number of anilines is 2. The third-order valence-corrected chi connectivity index (χ3v) is 3.68. The fraction of sp³-hybridized carbons (Fsp3) is 0.545. The normalized spacial score (nSPS) is 26.2. The minimum atomic E-state index is -0.433. The van der Waals surface area contributed by atoms with Gasteiger partial charge in [-0.2, -0.15) is 9.97 Å². The van der Waals surface area contributed by atoms with Crippen LogP contribution in [0.1, 0.15) is 12.6 Å². The van der Waals surface area contributed by atoms with Crippen molar-refractivity contribution in [3.8, 4) is 0 Å². The summed E-state index contributed by atoms with van der Waals surface area (Å²) in [6.45, 7) is -0.0642. The Kier molecular flexibility index (Phi) is 3.36. The van der Waals surface area contributed by atoms with Gasteiger partial charge in [-0.15, -0.1) is 11.6 Å². The first kappa shape index (κ1) is 13.3. The van der Waals surface area contributed by atoms with Gasteiger partial charge in [0.05, 0.1) is 24.4 Å². The molecular weight excluding hydrogens is 284 g/mol. The molecule has 3 heterocycles. The molecule has 0 saturated carbocycles. The number of alkyl halides is 1. The van der Waals surface area contributed by atoms with Crippen molar-refractivity contribution in [1.82, 2.24) is 19.5 Å². The molecule has 9 heteroatoms. The number of fused-ring (bicyclic) bond motifs is 1. The van der Waals surface area contributed by atoms with Crippen LogP contribution in [0.2, 0.25) is 0 Å². The Morgan fingerprint density at radius 2 is 2.40 bits per heavy atom. The number of halogens is 1. The molecule has 4 N–H and O–H groups in total. The fourth-order valence-corrected chi connectivity index (χ4v) is 2.74. The van der Waals surface area contributed by atoms with Gasteiger partial charge in [-0.1, -0.05) is 0 Å². The summed E-state index contributed by atoms with van der Waals surface area (Å²) >= 11 is 6.28. The van der Waals surface area contributed by atoms with E-state index in [1.54, 1.807) is 17.9 Å². The molecule has 1 aliphatic heterocycles. The molecule has 0 aliphatic carbocycles. The highest BCUT2D eigenvalue weighted by molar-refractivity contribution is 6.21. The minimum absolute atomic E-state index is 0.0642. The number of ether oxygens (including phenoxy) is 1. The van der Waals surface area contributed by atoms with Crippen LogP contribution < -0.4 is 11.1 Å². The first-order valence-electron chi connectivity index (χ1n) is 6.22. The number of hydrogen-bond donors (Lipinski definition) is 3. The summed E-state index contributed by atoms with van der Waals surface area (Å²) in [5.41, 5.74) is 6.85. The maximum absolute atomic E-state index is 9.17. The van der Waals surface area contributed by atoms with Crippen LogP contribution >= 0.6 is 11.6 Å². The first-order chi connectivity index (χ1) is 9.63. The summed E-state index contributed by atoms with van der Waals surface area (Å²) < 4.78 is 7.43. The van der Waals surface area contributed by atoms with E-state index in [9.17, 15) is 5.11 Å². The molecule has 8 nitrogen and oxygen atoms in total. The van der Waals surface area contributed by atoms with Crippen LogP contribution in [0.25, 0.3) is 11.2 Å². The van der Waals surface area contributed by atoms with Crippen molar-refractivity contribution in [3.63, 3.8) is 0 Å². The monoisotopic (exact) mass is 298 g/mol. The Hall–Kier alpha value is -1.64. The number of imidazole rings is 1. The molecule has 3 atom stereocenters. The molecule has 0 radical (unpaired) electrons. The smallest absolute Gasteiger partial charge is 0.224 e. The van der Waals surface area contributed by atoms with Crippen molar-refractivity contribution in [2.45, 2.75) is 24.1 Å². The van der Waals surface area contributed by atoms with E-state index < -0.39 is 6.23 Å². The third-order valence-electron chi connectivity index (χ3n) is 3.28. The summed E-state index contributed by atoms with van der Waals surface area (Å²) in [4.78, 5) is 12.6. The highest BCUT2D eigenvalue weighted by Gasteiger charge is 2.36. The van der Waals surface area contributed by atoms with Crippen LogP contribution in [-0.4, -0.2) is 49.8 Å². The van der Waals surface area contributed by atoms with Gasteiger partial charge in [0, 0.05) is 7.05 Å². The van der Waals surface area contributed by atoms with E-state index in [2.05, 4.69) is 20.3 Å². The molecule has 108 valence electrons. The van der Waals surface area contributed by atoms with Gasteiger partial charge in [-0.05, 0) is 6.42 Å². The molecule has 0 aromatic carbocycles. The van der Waals surface area contributed by atoms with E-state index >= 15 is 0 Å². The van der Waals surface area contributed by atoms with Crippen LogP contribution in [-0.2, 0) is 4.74 Å². The minimum Gasteiger partial charge on any atom is -0.394 e. The Morgan fingerprint density at radius 3 is 3.05 bits per heavy atom. The number of nitrogens with two attached hydrogens (primary N) is 1. The maximum atomic E-state index is 9.17. The number of hydrogen-bond acceptors (Lipinski definition) is 7. The molecule has 20 heavy (non-hydrogen) atoms. The van der Waals surface area contributed by atoms with Gasteiger partial charge in [0.15, 0.2) is 23.2 Å². The summed E-state index contributed by atoms with van der Waals surface area (Å²) in [7, 11) is 1.73. The van der Waals surface area contributed by atoms with Crippen molar-refractivity contribution < 1.29 is 9.84 Å². The fourth-order valence-electron chi connectivity index (χ4n) is 2.36. The Labute approximate surface area is 119 Å². The summed E-state index contributed by atoms with van der Waals surface area (Å²) in [6, 6.07) is 0. The molecule has 2 aromatic heterocycles. The average Bonchev–Trinajstić information content (AvgIpc) is 3.00. The highest BCUT2D eigenvalue weighted by atomic mass is 35.5. The second kappa shape index (κ2) is 5.04. The molecular formula is C11H15ClN6O2. The molecule has 3 rings (SSSR count). The molecule has 0 bridgehead atoms. The summed E-state index contributed by atoms with van der Waals surface area (Å²) in [6.07, 6.45) is 1.46. The van der Waals surface area contributed by atoms with Crippen molar-refractivity contribution in [1.29, 1.82) is 0 Å². The Morgan fingerprint density at radius 1 is 1.60 bits per heavy atom. The molecule has 0 spiro atoms. The zero-order valence-electron chi connectivity index (χ0n) is 10.8. The molecule has 1 saturated heterocycles. The summed E-state index contributed by atoms with van der Waals surface area (Å²) in [5.74, 6) is 0.695. The van der Waals surface area contributed by atoms with Crippen LogP contribution in [0.15, 0.2) is 6.33 Å². The zero-order chi connectivity index (χ0) is 14.3. The summed E-state index contributed by atoms with van der Waals surface area (Å²) in [5, 5.41) is 11.8. The van der Waals surface area contributed by atoms with Crippen molar-refractivity contribution in [2.75, 3.05) is 24.7 Å². The van der Waals surface area contributed by atoms with Crippen LogP contribution in [0.4, 0.5) is 11.8 Å². The predicted molar refractivity (Wildman–Crippen MR) is 74.5 cm³/mol.